The molecule has 2 heterocycles. The minimum absolute atomic E-state index is 0.121. The fourth-order valence-corrected chi connectivity index (χ4v) is 2.07. The molecule has 1 aromatic rings. The Kier molecular flexibility index (Phi) is 5.08. The molecule has 0 radical (unpaired) electrons. The molecule has 1 fully saturated rings. The van der Waals surface area contributed by atoms with E-state index in [9.17, 15) is 9.59 Å². The molecule has 2 amide bonds. The molecule has 1 aliphatic heterocycles. The number of piperazine rings is 1. The summed E-state index contributed by atoms with van der Waals surface area (Å²) in [6.45, 7) is 6.78. The molecule has 2 rings (SSSR count). The lowest BCUT2D eigenvalue weighted by Gasteiger charge is -2.32. The Hall–Kier alpha value is -2.18. The lowest BCUT2D eigenvalue weighted by atomic mass is 10.2. The number of nitrogens with zero attached hydrogens (tertiary/aromatic N) is 4. The molecule has 7 nitrogen and oxygen atoms in total. The lowest BCUT2D eigenvalue weighted by Crippen LogP contribution is -2.46. The third-order valence-electron chi connectivity index (χ3n) is 3.66. The monoisotopic (exact) mass is 291 g/mol. The molecular weight excluding hydrogens is 270 g/mol. The molecule has 0 aliphatic carbocycles. The van der Waals surface area contributed by atoms with Crippen LogP contribution in [0, 0.1) is 0 Å². The van der Waals surface area contributed by atoms with Crippen LogP contribution in [0.1, 0.15) is 30.8 Å². The maximum atomic E-state index is 11.9. The molecule has 21 heavy (non-hydrogen) atoms. The first-order chi connectivity index (χ1) is 10.1. The largest absolute Gasteiger partial charge is 0.352 e. The summed E-state index contributed by atoms with van der Waals surface area (Å²) in [4.78, 5) is 26.4. The first-order valence-electron chi connectivity index (χ1n) is 7.23. The number of hydrogen-bond donors (Lipinski definition) is 1. The molecule has 0 saturated carbocycles. The smallest absolute Gasteiger partial charge is 0.272 e. The number of carbonyl (C=O) groups is 2. The van der Waals surface area contributed by atoms with Crippen LogP contribution in [0.5, 0.6) is 0 Å². The highest BCUT2D eigenvalue weighted by Crippen LogP contribution is 2.12. The number of anilines is 1. The molecule has 0 spiro atoms. The summed E-state index contributed by atoms with van der Waals surface area (Å²) in [5.41, 5.74) is 0.325. The predicted molar refractivity (Wildman–Crippen MR) is 79.1 cm³/mol. The van der Waals surface area contributed by atoms with Gasteiger partial charge in [-0.05, 0) is 25.5 Å². The topological polar surface area (TPSA) is 78.4 Å². The molecule has 1 N–H and O–H groups in total. The van der Waals surface area contributed by atoms with Gasteiger partial charge in [-0.3, -0.25) is 9.59 Å². The second-order valence-electron chi connectivity index (χ2n) is 5.19. The van der Waals surface area contributed by atoms with Crippen LogP contribution in [-0.4, -0.2) is 59.6 Å². The maximum absolute atomic E-state index is 11.9. The fraction of sp³-hybridized carbons (Fsp3) is 0.571. The lowest BCUT2D eigenvalue weighted by molar-refractivity contribution is -0.118. The molecule has 1 aliphatic rings. The van der Waals surface area contributed by atoms with Crippen LogP contribution in [-0.2, 0) is 4.79 Å². The van der Waals surface area contributed by atoms with E-state index in [1.807, 2.05) is 13.8 Å². The SMILES string of the molecule is CCC(C)NC(=O)c1ccc(N2CCN(C=O)CC2)nn1. The minimum Gasteiger partial charge on any atom is -0.352 e. The third-order valence-corrected chi connectivity index (χ3v) is 3.66. The molecule has 1 aromatic heterocycles. The Balaban J connectivity index is 1.96. The summed E-state index contributed by atoms with van der Waals surface area (Å²) < 4.78 is 0. The van der Waals surface area contributed by atoms with Gasteiger partial charge in [-0.2, -0.15) is 0 Å². The normalized spacial score (nSPS) is 16.5. The Morgan fingerprint density at radius 3 is 2.57 bits per heavy atom. The predicted octanol–water partition coefficient (Wildman–Crippen LogP) is 0.283. The van der Waals surface area contributed by atoms with Crippen molar-refractivity contribution in [3.63, 3.8) is 0 Å². The van der Waals surface area contributed by atoms with Gasteiger partial charge in [0.2, 0.25) is 6.41 Å². The van der Waals surface area contributed by atoms with E-state index in [4.69, 9.17) is 0 Å². The van der Waals surface area contributed by atoms with Crippen LogP contribution in [0.15, 0.2) is 12.1 Å². The molecule has 1 atom stereocenters. The van der Waals surface area contributed by atoms with E-state index >= 15 is 0 Å². The standard InChI is InChI=1S/C14H21N5O2/c1-3-11(2)15-14(21)12-4-5-13(17-16-12)19-8-6-18(10-20)7-9-19/h4-5,10-11H,3,6-9H2,1-2H3,(H,15,21). The molecule has 0 aromatic carbocycles. The zero-order chi connectivity index (χ0) is 15.2. The quantitative estimate of drug-likeness (QED) is 0.789. The van der Waals surface area contributed by atoms with Crippen molar-refractivity contribution < 1.29 is 9.59 Å². The third kappa shape index (κ3) is 3.90. The van der Waals surface area contributed by atoms with Gasteiger partial charge in [0.25, 0.3) is 5.91 Å². The molecule has 1 unspecified atom stereocenters. The second kappa shape index (κ2) is 7.01. The van der Waals surface area contributed by atoms with Gasteiger partial charge in [-0.25, -0.2) is 0 Å². The van der Waals surface area contributed by atoms with E-state index in [2.05, 4.69) is 20.4 Å². The van der Waals surface area contributed by atoms with Crippen molar-refractivity contribution >= 4 is 18.1 Å². The van der Waals surface area contributed by atoms with Crippen molar-refractivity contribution in [3.05, 3.63) is 17.8 Å². The highest BCUT2D eigenvalue weighted by atomic mass is 16.2. The van der Waals surface area contributed by atoms with Gasteiger partial charge in [-0.15, -0.1) is 10.2 Å². The first-order valence-corrected chi connectivity index (χ1v) is 7.23. The van der Waals surface area contributed by atoms with E-state index in [1.165, 1.54) is 0 Å². The Bertz CT molecular complexity index is 483. The second-order valence-corrected chi connectivity index (χ2v) is 5.19. The first kappa shape index (κ1) is 15.2. The summed E-state index contributed by atoms with van der Waals surface area (Å²) in [6, 6.07) is 3.61. The van der Waals surface area contributed by atoms with Gasteiger partial charge in [-0.1, -0.05) is 6.92 Å². The summed E-state index contributed by atoms with van der Waals surface area (Å²) in [7, 11) is 0. The average Bonchev–Trinajstić information content (AvgIpc) is 2.55. The van der Waals surface area contributed by atoms with Gasteiger partial charge in [0, 0.05) is 32.2 Å². The van der Waals surface area contributed by atoms with Crippen molar-refractivity contribution in [1.82, 2.24) is 20.4 Å². The van der Waals surface area contributed by atoms with E-state index < -0.39 is 0 Å². The van der Waals surface area contributed by atoms with Crippen LogP contribution in [0.2, 0.25) is 0 Å². The van der Waals surface area contributed by atoms with Crippen LogP contribution in [0.25, 0.3) is 0 Å². The number of carbonyl (C=O) groups excluding carboxylic acids is 2. The van der Waals surface area contributed by atoms with Crippen molar-refractivity contribution in [1.29, 1.82) is 0 Å². The van der Waals surface area contributed by atoms with Crippen molar-refractivity contribution in [2.45, 2.75) is 26.3 Å². The molecule has 114 valence electrons. The van der Waals surface area contributed by atoms with E-state index in [0.717, 1.165) is 31.7 Å². The Morgan fingerprint density at radius 1 is 1.33 bits per heavy atom. The van der Waals surface area contributed by atoms with E-state index in [-0.39, 0.29) is 11.9 Å². The summed E-state index contributed by atoms with van der Waals surface area (Å²) in [5.74, 6) is 0.537. The van der Waals surface area contributed by atoms with Crippen LogP contribution in [0.4, 0.5) is 5.82 Å². The van der Waals surface area contributed by atoms with Gasteiger partial charge >= 0.3 is 0 Å². The highest BCUT2D eigenvalue weighted by Gasteiger charge is 2.18. The maximum Gasteiger partial charge on any atom is 0.272 e. The molecular formula is C14H21N5O2. The van der Waals surface area contributed by atoms with E-state index in [0.29, 0.717) is 18.8 Å². The van der Waals surface area contributed by atoms with Gasteiger partial charge in [0.1, 0.15) is 0 Å². The fourth-order valence-electron chi connectivity index (χ4n) is 2.07. The van der Waals surface area contributed by atoms with Gasteiger partial charge < -0.3 is 15.1 Å². The van der Waals surface area contributed by atoms with Crippen molar-refractivity contribution in [3.8, 4) is 0 Å². The van der Waals surface area contributed by atoms with Crippen molar-refractivity contribution in [2.75, 3.05) is 31.1 Å². The number of hydrogen-bond acceptors (Lipinski definition) is 5. The van der Waals surface area contributed by atoms with Crippen LogP contribution in [0.3, 0.4) is 0 Å². The van der Waals surface area contributed by atoms with Crippen molar-refractivity contribution in [2.24, 2.45) is 0 Å². The summed E-state index contributed by atoms with van der Waals surface area (Å²) >= 11 is 0. The molecule has 7 heteroatoms. The zero-order valence-electron chi connectivity index (χ0n) is 12.5. The van der Waals surface area contributed by atoms with Crippen LogP contribution >= 0.6 is 0 Å². The number of rotatable bonds is 5. The zero-order valence-corrected chi connectivity index (χ0v) is 12.5. The Morgan fingerprint density at radius 2 is 2.05 bits per heavy atom. The number of aromatic nitrogens is 2. The van der Waals surface area contributed by atoms with E-state index in [1.54, 1.807) is 17.0 Å². The number of nitrogens with one attached hydrogen (secondary N) is 1. The average molecular weight is 291 g/mol. The highest BCUT2D eigenvalue weighted by molar-refractivity contribution is 5.92. The number of amides is 2. The molecule has 0 bridgehead atoms. The van der Waals surface area contributed by atoms with Crippen LogP contribution < -0.4 is 10.2 Å². The van der Waals surface area contributed by atoms with Gasteiger partial charge in [0.05, 0.1) is 0 Å². The summed E-state index contributed by atoms with van der Waals surface area (Å²) in [6.07, 6.45) is 1.74. The minimum atomic E-state index is -0.200. The Labute approximate surface area is 124 Å². The van der Waals surface area contributed by atoms with Gasteiger partial charge in [0.15, 0.2) is 11.5 Å². The molecule has 1 saturated heterocycles. The summed E-state index contributed by atoms with van der Waals surface area (Å²) in [5, 5.41) is 11.0.